The molecular formula is C11H20N2. The Morgan fingerprint density at radius 1 is 1.08 bits per heavy atom. The molecule has 1 unspecified atom stereocenters. The lowest BCUT2D eigenvalue weighted by Crippen LogP contribution is -2.46. The Morgan fingerprint density at radius 3 is 2.62 bits per heavy atom. The van der Waals surface area contributed by atoms with Crippen molar-refractivity contribution in [1.82, 2.24) is 10.4 Å². The number of allylic oxidation sites excluding steroid dienone is 1. The highest BCUT2D eigenvalue weighted by Crippen LogP contribution is 2.12. The number of nitrogens with one attached hydrogen (secondary N) is 1. The van der Waals surface area contributed by atoms with Crippen LogP contribution in [0.2, 0.25) is 0 Å². The first-order valence-corrected chi connectivity index (χ1v) is 5.63. The second-order valence-corrected chi connectivity index (χ2v) is 4.14. The van der Waals surface area contributed by atoms with Gasteiger partial charge in [0.2, 0.25) is 0 Å². The van der Waals surface area contributed by atoms with Crippen molar-refractivity contribution in [2.24, 2.45) is 0 Å². The molecule has 1 fully saturated rings. The van der Waals surface area contributed by atoms with Gasteiger partial charge in [-0.05, 0) is 32.1 Å². The predicted octanol–water partition coefficient (Wildman–Crippen LogP) is 2.09. The normalized spacial score (nSPS) is 30.6. The first kappa shape index (κ1) is 9.22. The molecule has 2 aliphatic rings. The topological polar surface area (TPSA) is 15.3 Å². The van der Waals surface area contributed by atoms with Crippen molar-refractivity contribution in [3.8, 4) is 0 Å². The summed E-state index contributed by atoms with van der Waals surface area (Å²) in [5.74, 6) is 0. The molecule has 0 aromatic carbocycles. The van der Waals surface area contributed by atoms with Crippen molar-refractivity contribution in [2.45, 2.75) is 44.6 Å². The van der Waals surface area contributed by atoms with Gasteiger partial charge >= 0.3 is 0 Å². The molecule has 1 heterocycles. The molecular weight excluding hydrogens is 160 g/mol. The molecule has 0 bridgehead atoms. The van der Waals surface area contributed by atoms with Gasteiger partial charge in [-0.3, -0.25) is 0 Å². The van der Waals surface area contributed by atoms with Crippen LogP contribution in [-0.4, -0.2) is 24.1 Å². The molecule has 2 heteroatoms. The van der Waals surface area contributed by atoms with Crippen LogP contribution < -0.4 is 5.43 Å². The summed E-state index contributed by atoms with van der Waals surface area (Å²) < 4.78 is 0. The van der Waals surface area contributed by atoms with E-state index in [-0.39, 0.29) is 0 Å². The molecule has 2 rings (SSSR count). The van der Waals surface area contributed by atoms with E-state index >= 15 is 0 Å². The van der Waals surface area contributed by atoms with E-state index in [9.17, 15) is 0 Å². The summed E-state index contributed by atoms with van der Waals surface area (Å²) in [6, 6.07) is 0.617. The van der Waals surface area contributed by atoms with Crippen molar-refractivity contribution in [1.29, 1.82) is 0 Å². The molecule has 0 amide bonds. The van der Waals surface area contributed by atoms with Crippen LogP contribution >= 0.6 is 0 Å². The third-order valence-electron chi connectivity index (χ3n) is 2.96. The third kappa shape index (κ3) is 2.82. The van der Waals surface area contributed by atoms with Gasteiger partial charge in [0.15, 0.2) is 0 Å². The van der Waals surface area contributed by atoms with Crippen molar-refractivity contribution in [3.05, 3.63) is 12.2 Å². The molecule has 0 spiro atoms. The van der Waals surface area contributed by atoms with Crippen LogP contribution in [0.25, 0.3) is 0 Å². The van der Waals surface area contributed by atoms with Gasteiger partial charge in [0.1, 0.15) is 0 Å². The summed E-state index contributed by atoms with van der Waals surface area (Å²) in [7, 11) is 0. The van der Waals surface area contributed by atoms with Crippen molar-refractivity contribution in [2.75, 3.05) is 13.1 Å². The van der Waals surface area contributed by atoms with Gasteiger partial charge in [-0.15, -0.1) is 0 Å². The molecule has 1 N–H and O–H groups in total. The zero-order valence-electron chi connectivity index (χ0n) is 8.34. The van der Waals surface area contributed by atoms with Crippen molar-refractivity contribution >= 4 is 0 Å². The van der Waals surface area contributed by atoms with E-state index in [1.165, 1.54) is 51.6 Å². The van der Waals surface area contributed by atoms with Crippen LogP contribution in [0.1, 0.15) is 38.5 Å². The second kappa shape index (κ2) is 4.77. The largest absolute Gasteiger partial charge is 0.248 e. The highest BCUT2D eigenvalue weighted by Gasteiger charge is 2.14. The third-order valence-corrected chi connectivity index (χ3v) is 2.96. The first-order valence-electron chi connectivity index (χ1n) is 5.63. The number of hydrogen-bond donors (Lipinski definition) is 1. The van der Waals surface area contributed by atoms with Crippen LogP contribution in [0.3, 0.4) is 0 Å². The summed E-state index contributed by atoms with van der Waals surface area (Å²) in [6.07, 6.45) is 12.7. The number of hydrazine groups is 1. The number of piperidine rings is 1. The van der Waals surface area contributed by atoms with Crippen molar-refractivity contribution in [3.63, 3.8) is 0 Å². The SMILES string of the molecule is C1=CC(NN2CCCCC2)CCC1. The zero-order valence-corrected chi connectivity index (χ0v) is 8.34. The van der Waals surface area contributed by atoms with E-state index in [2.05, 4.69) is 22.6 Å². The summed E-state index contributed by atoms with van der Waals surface area (Å²) in [6.45, 7) is 2.48. The molecule has 74 valence electrons. The van der Waals surface area contributed by atoms with E-state index < -0.39 is 0 Å². The predicted molar refractivity (Wildman–Crippen MR) is 55.3 cm³/mol. The van der Waals surface area contributed by atoms with E-state index in [1.807, 2.05) is 0 Å². The van der Waals surface area contributed by atoms with Gasteiger partial charge in [0.25, 0.3) is 0 Å². The fraction of sp³-hybridized carbons (Fsp3) is 0.818. The van der Waals surface area contributed by atoms with Crippen LogP contribution in [0.4, 0.5) is 0 Å². The molecule has 0 saturated carbocycles. The monoisotopic (exact) mass is 180 g/mol. The molecule has 0 radical (unpaired) electrons. The summed E-state index contributed by atoms with van der Waals surface area (Å²) in [4.78, 5) is 0. The van der Waals surface area contributed by atoms with Gasteiger partial charge in [-0.25, -0.2) is 10.4 Å². The number of rotatable bonds is 2. The van der Waals surface area contributed by atoms with Gasteiger partial charge in [-0.1, -0.05) is 18.6 Å². The molecule has 2 nitrogen and oxygen atoms in total. The average Bonchev–Trinajstić information content (AvgIpc) is 2.21. The minimum atomic E-state index is 0.617. The van der Waals surface area contributed by atoms with Crippen LogP contribution in [0.5, 0.6) is 0 Å². The van der Waals surface area contributed by atoms with Crippen LogP contribution in [0, 0.1) is 0 Å². The maximum atomic E-state index is 3.60. The second-order valence-electron chi connectivity index (χ2n) is 4.14. The Balaban J connectivity index is 1.75. The lowest BCUT2D eigenvalue weighted by molar-refractivity contribution is 0.135. The summed E-state index contributed by atoms with van der Waals surface area (Å²) in [5.41, 5.74) is 3.60. The van der Waals surface area contributed by atoms with Gasteiger partial charge in [0, 0.05) is 19.1 Å². The maximum Gasteiger partial charge on any atom is 0.0395 e. The standard InChI is InChI=1S/C11H20N2/c1-3-7-11(8-4-1)12-13-9-5-2-6-10-13/h3,7,11-12H,1-2,4-6,8-10H2. The fourth-order valence-electron chi connectivity index (χ4n) is 2.18. The van der Waals surface area contributed by atoms with E-state index in [0.29, 0.717) is 6.04 Å². The molecule has 1 aliphatic heterocycles. The molecule has 0 aromatic rings. The molecule has 1 aliphatic carbocycles. The van der Waals surface area contributed by atoms with Crippen molar-refractivity contribution < 1.29 is 0 Å². The van der Waals surface area contributed by atoms with E-state index in [0.717, 1.165) is 0 Å². The van der Waals surface area contributed by atoms with Gasteiger partial charge < -0.3 is 0 Å². The van der Waals surface area contributed by atoms with Gasteiger partial charge in [0.05, 0.1) is 0 Å². The zero-order chi connectivity index (χ0) is 8.93. The first-order chi connectivity index (χ1) is 6.45. The molecule has 1 saturated heterocycles. The highest BCUT2D eigenvalue weighted by atomic mass is 15.5. The van der Waals surface area contributed by atoms with Crippen LogP contribution in [0.15, 0.2) is 12.2 Å². The van der Waals surface area contributed by atoms with E-state index in [1.54, 1.807) is 0 Å². The number of nitrogens with zero attached hydrogens (tertiary/aromatic N) is 1. The molecule has 13 heavy (non-hydrogen) atoms. The minimum Gasteiger partial charge on any atom is -0.248 e. The molecule has 1 atom stereocenters. The Kier molecular flexibility index (Phi) is 3.39. The van der Waals surface area contributed by atoms with Gasteiger partial charge in [-0.2, -0.15) is 0 Å². The lowest BCUT2D eigenvalue weighted by atomic mass is 10.0. The Hall–Kier alpha value is -0.340. The van der Waals surface area contributed by atoms with E-state index in [4.69, 9.17) is 0 Å². The fourth-order valence-corrected chi connectivity index (χ4v) is 2.18. The Bertz CT molecular complexity index is 171. The minimum absolute atomic E-state index is 0.617. The highest BCUT2D eigenvalue weighted by molar-refractivity contribution is 4.96. The summed E-state index contributed by atoms with van der Waals surface area (Å²) in [5, 5.41) is 2.41. The van der Waals surface area contributed by atoms with Crippen LogP contribution in [-0.2, 0) is 0 Å². The maximum absolute atomic E-state index is 3.60. The summed E-state index contributed by atoms with van der Waals surface area (Å²) >= 11 is 0. The quantitative estimate of drug-likeness (QED) is 0.655. The average molecular weight is 180 g/mol. The molecule has 0 aromatic heterocycles. The lowest BCUT2D eigenvalue weighted by Gasteiger charge is -2.31. The number of hydrogen-bond acceptors (Lipinski definition) is 2. The Labute approximate surface area is 81.0 Å². The Morgan fingerprint density at radius 2 is 1.92 bits per heavy atom. The smallest absolute Gasteiger partial charge is 0.0395 e.